The second-order valence-corrected chi connectivity index (χ2v) is 6.84. The van der Waals surface area contributed by atoms with Gasteiger partial charge in [-0.1, -0.05) is 24.4 Å². The van der Waals surface area contributed by atoms with Gasteiger partial charge in [0, 0.05) is 10.8 Å². The molecule has 0 bridgehead atoms. The lowest BCUT2D eigenvalue weighted by Gasteiger charge is -2.17. The van der Waals surface area contributed by atoms with Gasteiger partial charge in [0.1, 0.15) is 5.75 Å². The maximum absolute atomic E-state index is 12.0. The molecule has 7 heteroatoms. The monoisotopic (exact) mass is 347 g/mol. The van der Waals surface area contributed by atoms with Crippen molar-refractivity contribution in [2.75, 3.05) is 18.2 Å². The van der Waals surface area contributed by atoms with Crippen LogP contribution in [0, 0.1) is 0 Å². The topological polar surface area (TPSA) is 77.2 Å². The van der Waals surface area contributed by atoms with E-state index in [9.17, 15) is 4.79 Å². The highest BCUT2D eigenvalue weighted by molar-refractivity contribution is 8.00. The summed E-state index contributed by atoms with van der Waals surface area (Å²) in [5.74, 6) is 1.91. The smallest absolute Gasteiger partial charge is 0.322 e. The number of rotatable bonds is 6. The third kappa shape index (κ3) is 4.50. The fraction of sp³-hybridized carbons (Fsp3) is 0.471. The summed E-state index contributed by atoms with van der Waals surface area (Å²) in [6, 6.07) is 7.77. The number of hydrogen-bond donors (Lipinski definition) is 1. The van der Waals surface area contributed by atoms with Crippen LogP contribution in [0.15, 0.2) is 33.6 Å². The van der Waals surface area contributed by atoms with E-state index in [0.29, 0.717) is 11.8 Å². The molecule has 1 fully saturated rings. The molecule has 1 aliphatic carbocycles. The molecule has 1 saturated carbocycles. The van der Waals surface area contributed by atoms with Gasteiger partial charge in [-0.05, 0) is 37.1 Å². The number of nitrogens with one attached hydrogen (secondary N) is 1. The number of hydrogen-bond acceptors (Lipinski definition) is 6. The number of thioether (sulfide) groups is 1. The molecule has 1 aromatic carbocycles. The fourth-order valence-corrected chi connectivity index (χ4v) is 3.47. The molecule has 1 amide bonds. The number of carbonyl (C=O) groups is 1. The molecule has 0 radical (unpaired) electrons. The lowest BCUT2D eigenvalue weighted by atomic mass is 9.89. The van der Waals surface area contributed by atoms with Crippen LogP contribution in [0.25, 0.3) is 0 Å². The minimum absolute atomic E-state index is 0.158. The lowest BCUT2D eigenvalue weighted by molar-refractivity contribution is -0.113. The summed E-state index contributed by atoms with van der Waals surface area (Å²) in [5, 5.41) is 10.7. The van der Waals surface area contributed by atoms with Crippen LogP contribution in [0.2, 0.25) is 0 Å². The Balaban J connectivity index is 1.48. The third-order valence-corrected chi connectivity index (χ3v) is 5.08. The summed E-state index contributed by atoms with van der Waals surface area (Å²) in [6.45, 7) is 0. The molecule has 1 N–H and O–H groups in total. The van der Waals surface area contributed by atoms with Crippen molar-refractivity contribution in [2.45, 2.75) is 42.9 Å². The third-order valence-electron chi connectivity index (χ3n) is 4.07. The van der Waals surface area contributed by atoms with Crippen LogP contribution in [0.1, 0.15) is 43.9 Å². The van der Waals surface area contributed by atoms with Gasteiger partial charge in [-0.2, -0.15) is 0 Å². The van der Waals surface area contributed by atoms with Crippen LogP contribution in [0.5, 0.6) is 5.75 Å². The van der Waals surface area contributed by atoms with Crippen molar-refractivity contribution < 1.29 is 13.9 Å². The van der Waals surface area contributed by atoms with Gasteiger partial charge < -0.3 is 9.15 Å². The lowest BCUT2D eigenvalue weighted by Crippen LogP contribution is -2.14. The van der Waals surface area contributed by atoms with Crippen LogP contribution in [-0.2, 0) is 4.79 Å². The number of amides is 1. The molecule has 0 aliphatic heterocycles. The van der Waals surface area contributed by atoms with E-state index in [4.69, 9.17) is 9.15 Å². The van der Waals surface area contributed by atoms with Crippen LogP contribution in [0.4, 0.5) is 6.01 Å². The summed E-state index contributed by atoms with van der Waals surface area (Å²) in [6.07, 6.45) is 5.85. The Morgan fingerprint density at radius 3 is 2.71 bits per heavy atom. The largest absolute Gasteiger partial charge is 0.497 e. The Hall–Kier alpha value is -2.02. The molecule has 1 heterocycles. The first kappa shape index (κ1) is 16.8. The molecule has 1 aromatic heterocycles. The van der Waals surface area contributed by atoms with Crippen molar-refractivity contribution in [3.63, 3.8) is 0 Å². The molecular weight excluding hydrogens is 326 g/mol. The second kappa shape index (κ2) is 8.19. The Bertz CT molecular complexity index is 666. The van der Waals surface area contributed by atoms with E-state index in [1.807, 2.05) is 24.3 Å². The molecule has 0 atom stereocenters. The van der Waals surface area contributed by atoms with Crippen molar-refractivity contribution >= 4 is 23.7 Å². The molecule has 0 unspecified atom stereocenters. The Morgan fingerprint density at radius 1 is 1.25 bits per heavy atom. The zero-order valence-electron chi connectivity index (χ0n) is 13.7. The normalized spacial score (nSPS) is 15.2. The molecule has 2 aromatic rings. The van der Waals surface area contributed by atoms with Gasteiger partial charge in [-0.3, -0.25) is 10.1 Å². The number of anilines is 1. The van der Waals surface area contributed by atoms with Crippen LogP contribution >= 0.6 is 11.8 Å². The van der Waals surface area contributed by atoms with Crippen LogP contribution < -0.4 is 10.1 Å². The molecule has 0 saturated heterocycles. The average Bonchev–Trinajstić information content (AvgIpc) is 3.09. The number of nitrogens with zero attached hydrogens (tertiary/aromatic N) is 2. The Morgan fingerprint density at radius 2 is 2.00 bits per heavy atom. The zero-order valence-corrected chi connectivity index (χ0v) is 14.5. The standard InChI is InChI=1S/C17H21N3O3S/c1-22-13-7-9-14(10-8-13)24-11-15(21)18-17-20-19-16(23-17)12-5-3-2-4-6-12/h7-10,12H,2-6,11H2,1H3,(H,18,20,21). The second-order valence-electron chi connectivity index (χ2n) is 5.79. The number of methoxy groups -OCH3 is 1. The van der Waals surface area contributed by atoms with E-state index >= 15 is 0 Å². The van der Waals surface area contributed by atoms with Gasteiger partial charge in [0.05, 0.1) is 12.9 Å². The molecule has 1 aliphatic rings. The quantitative estimate of drug-likeness (QED) is 0.800. The summed E-state index contributed by atoms with van der Waals surface area (Å²) in [7, 11) is 1.63. The summed E-state index contributed by atoms with van der Waals surface area (Å²) >= 11 is 1.44. The van der Waals surface area contributed by atoms with E-state index < -0.39 is 0 Å². The van der Waals surface area contributed by atoms with Gasteiger partial charge in [0.15, 0.2) is 0 Å². The molecule has 128 valence electrons. The van der Waals surface area contributed by atoms with E-state index in [2.05, 4.69) is 15.5 Å². The minimum atomic E-state index is -0.158. The first-order valence-corrected chi connectivity index (χ1v) is 9.13. The predicted octanol–water partition coefficient (Wildman–Crippen LogP) is 3.86. The predicted molar refractivity (Wildman–Crippen MR) is 92.5 cm³/mol. The highest BCUT2D eigenvalue weighted by Gasteiger charge is 2.21. The highest BCUT2D eigenvalue weighted by Crippen LogP contribution is 2.32. The average molecular weight is 347 g/mol. The SMILES string of the molecule is COc1ccc(SCC(=O)Nc2nnc(C3CCCCC3)o2)cc1. The number of ether oxygens (including phenoxy) is 1. The number of benzene rings is 1. The minimum Gasteiger partial charge on any atom is -0.497 e. The molecule has 6 nitrogen and oxygen atoms in total. The molecule has 3 rings (SSSR count). The van der Waals surface area contributed by atoms with Crippen molar-refractivity contribution in [1.82, 2.24) is 10.2 Å². The first-order valence-electron chi connectivity index (χ1n) is 8.14. The van der Waals surface area contributed by atoms with Crippen molar-refractivity contribution in [3.05, 3.63) is 30.2 Å². The molecule has 0 spiro atoms. The molecular formula is C17H21N3O3S. The molecule has 24 heavy (non-hydrogen) atoms. The van der Waals surface area contributed by atoms with Gasteiger partial charge >= 0.3 is 6.01 Å². The summed E-state index contributed by atoms with van der Waals surface area (Å²) < 4.78 is 10.7. The maximum atomic E-state index is 12.0. The van der Waals surface area contributed by atoms with Gasteiger partial charge in [-0.15, -0.1) is 16.9 Å². The number of carbonyl (C=O) groups excluding carboxylic acids is 1. The first-order chi connectivity index (χ1) is 11.7. The number of aromatic nitrogens is 2. The zero-order chi connectivity index (χ0) is 16.8. The summed E-state index contributed by atoms with van der Waals surface area (Å²) in [4.78, 5) is 13.0. The highest BCUT2D eigenvalue weighted by atomic mass is 32.2. The Labute approximate surface area is 145 Å². The van der Waals surface area contributed by atoms with Crippen molar-refractivity contribution in [3.8, 4) is 5.75 Å². The Kier molecular flexibility index (Phi) is 5.74. The van der Waals surface area contributed by atoms with E-state index in [1.165, 1.54) is 31.0 Å². The fourth-order valence-electron chi connectivity index (χ4n) is 2.78. The van der Waals surface area contributed by atoms with Crippen LogP contribution in [0.3, 0.4) is 0 Å². The summed E-state index contributed by atoms with van der Waals surface area (Å²) in [5.41, 5.74) is 0. The maximum Gasteiger partial charge on any atom is 0.322 e. The van der Waals surface area contributed by atoms with Gasteiger partial charge in [0.25, 0.3) is 0 Å². The van der Waals surface area contributed by atoms with E-state index in [1.54, 1.807) is 7.11 Å². The van der Waals surface area contributed by atoms with Gasteiger partial charge in [0.2, 0.25) is 11.8 Å². The van der Waals surface area contributed by atoms with Crippen molar-refractivity contribution in [2.24, 2.45) is 0 Å². The van der Waals surface area contributed by atoms with Crippen LogP contribution in [-0.4, -0.2) is 29.0 Å². The van der Waals surface area contributed by atoms with Gasteiger partial charge in [-0.25, -0.2) is 0 Å². The van der Waals surface area contributed by atoms with Crippen molar-refractivity contribution in [1.29, 1.82) is 0 Å². The van der Waals surface area contributed by atoms with E-state index in [-0.39, 0.29) is 17.7 Å². The van der Waals surface area contributed by atoms with E-state index in [0.717, 1.165) is 23.5 Å².